The molecule has 0 heterocycles. The number of carbonyl (C=O) groups excluding carboxylic acids is 1. The highest BCUT2D eigenvalue weighted by molar-refractivity contribution is 7.83. The number of ether oxygens (including phenoxy) is 1. The zero-order chi connectivity index (χ0) is 16.6. The molecular formula is C19H24O3S. The Morgan fingerprint density at radius 1 is 1.39 bits per heavy atom. The summed E-state index contributed by atoms with van der Waals surface area (Å²) in [7, 11) is -0.915. The average Bonchev–Trinajstić information content (AvgIpc) is 2.52. The molecule has 1 aromatic carbocycles. The molecule has 4 rings (SSSR count). The summed E-state index contributed by atoms with van der Waals surface area (Å²) in [4.78, 5) is 12.3. The first-order valence-electron chi connectivity index (χ1n) is 8.13. The standard InChI is InChI=1S/C19H24O3S/c1-19(2)16-8-7-15(17(19)10-16)11-22-18(20)14-6-4-5-13(9-14)12-23(3)21/h4-7,9,16-17H,8,10-12H2,1-3H3/t16-,17-,23?/m0/s1. The van der Waals surface area contributed by atoms with Gasteiger partial charge in [0.2, 0.25) is 0 Å². The minimum atomic E-state index is -0.915. The van der Waals surface area contributed by atoms with Crippen molar-refractivity contribution < 1.29 is 13.7 Å². The summed E-state index contributed by atoms with van der Waals surface area (Å²) in [6.07, 6.45) is 6.25. The van der Waals surface area contributed by atoms with E-state index in [2.05, 4.69) is 19.9 Å². The Labute approximate surface area is 140 Å². The zero-order valence-electron chi connectivity index (χ0n) is 14.0. The smallest absolute Gasteiger partial charge is 0.338 e. The fourth-order valence-electron chi connectivity index (χ4n) is 3.90. The number of hydrogen-bond acceptors (Lipinski definition) is 3. The molecular weight excluding hydrogens is 308 g/mol. The first-order valence-corrected chi connectivity index (χ1v) is 9.85. The maximum Gasteiger partial charge on any atom is 0.338 e. The van der Waals surface area contributed by atoms with E-state index in [1.165, 1.54) is 12.0 Å². The Morgan fingerprint density at radius 2 is 2.17 bits per heavy atom. The van der Waals surface area contributed by atoms with Gasteiger partial charge in [-0.3, -0.25) is 4.21 Å². The van der Waals surface area contributed by atoms with Gasteiger partial charge in [0.1, 0.15) is 6.61 Å². The third-order valence-electron chi connectivity index (χ3n) is 5.49. The van der Waals surface area contributed by atoms with Gasteiger partial charge < -0.3 is 4.74 Å². The maximum atomic E-state index is 12.3. The number of benzene rings is 1. The lowest BCUT2D eigenvalue weighted by Crippen LogP contribution is -2.48. The zero-order valence-corrected chi connectivity index (χ0v) is 14.8. The molecule has 0 aliphatic heterocycles. The lowest BCUT2D eigenvalue weighted by molar-refractivity contribution is -0.0155. The van der Waals surface area contributed by atoms with Gasteiger partial charge in [0.25, 0.3) is 0 Å². The normalized spacial score (nSPS) is 26.0. The Balaban J connectivity index is 1.62. The monoisotopic (exact) mass is 332 g/mol. The number of fused-ring (bicyclic) bond motifs is 1. The first kappa shape index (κ1) is 16.4. The van der Waals surface area contributed by atoms with Crippen molar-refractivity contribution >= 4 is 16.8 Å². The lowest BCUT2D eigenvalue weighted by atomic mass is 9.49. The molecule has 3 aliphatic rings. The second-order valence-electron chi connectivity index (χ2n) is 7.32. The van der Waals surface area contributed by atoms with Crippen LogP contribution in [0.2, 0.25) is 0 Å². The second kappa shape index (κ2) is 6.23. The molecule has 0 aromatic heterocycles. The fourth-order valence-corrected chi connectivity index (χ4v) is 4.54. The molecule has 1 fully saturated rings. The largest absolute Gasteiger partial charge is 0.458 e. The molecule has 124 valence electrons. The third-order valence-corrected chi connectivity index (χ3v) is 6.23. The average molecular weight is 332 g/mol. The number of carbonyl (C=O) groups is 1. The maximum absolute atomic E-state index is 12.3. The van der Waals surface area contributed by atoms with Crippen molar-refractivity contribution in [3.63, 3.8) is 0 Å². The van der Waals surface area contributed by atoms with E-state index in [0.29, 0.717) is 29.3 Å². The molecule has 1 saturated carbocycles. The van der Waals surface area contributed by atoms with E-state index in [1.807, 2.05) is 12.1 Å². The van der Waals surface area contributed by atoms with Gasteiger partial charge in [-0.15, -0.1) is 0 Å². The van der Waals surface area contributed by atoms with Gasteiger partial charge >= 0.3 is 5.97 Å². The van der Waals surface area contributed by atoms with Crippen molar-refractivity contribution in [2.75, 3.05) is 12.9 Å². The molecule has 2 bridgehead atoms. The van der Waals surface area contributed by atoms with E-state index >= 15 is 0 Å². The van der Waals surface area contributed by atoms with Crippen LogP contribution in [0.15, 0.2) is 35.9 Å². The van der Waals surface area contributed by atoms with Gasteiger partial charge in [0, 0.05) is 22.8 Å². The predicted molar refractivity (Wildman–Crippen MR) is 92.6 cm³/mol. The number of hydrogen-bond donors (Lipinski definition) is 0. The van der Waals surface area contributed by atoms with Gasteiger partial charge in [0.15, 0.2) is 0 Å². The van der Waals surface area contributed by atoms with Crippen molar-refractivity contribution in [1.82, 2.24) is 0 Å². The topological polar surface area (TPSA) is 43.4 Å². The van der Waals surface area contributed by atoms with Crippen molar-refractivity contribution in [3.05, 3.63) is 47.0 Å². The SMILES string of the molecule is CS(=O)Cc1cccc(C(=O)OCC2=CC[C@H]3C[C@@H]2C3(C)C)c1. The Kier molecular flexibility index (Phi) is 4.45. The molecule has 0 amide bonds. The lowest BCUT2D eigenvalue weighted by Gasteiger charge is -2.56. The minimum absolute atomic E-state index is 0.297. The highest BCUT2D eigenvalue weighted by Gasteiger charge is 2.51. The third kappa shape index (κ3) is 3.27. The van der Waals surface area contributed by atoms with E-state index in [0.717, 1.165) is 17.9 Å². The molecule has 3 aliphatic carbocycles. The number of allylic oxidation sites excluding steroid dienone is 1. The van der Waals surface area contributed by atoms with Gasteiger partial charge in [-0.05, 0) is 53.4 Å². The molecule has 3 nitrogen and oxygen atoms in total. The summed E-state index contributed by atoms with van der Waals surface area (Å²) in [5.74, 6) is 1.51. The summed E-state index contributed by atoms with van der Waals surface area (Å²) < 4.78 is 16.8. The van der Waals surface area contributed by atoms with E-state index < -0.39 is 10.8 Å². The molecule has 3 atom stereocenters. The van der Waals surface area contributed by atoms with E-state index in [4.69, 9.17) is 4.74 Å². The Morgan fingerprint density at radius 3 is 2.83 bits per heavy atom. The van der Waals surface area contributed by atoms with Crippen LogP contribution < -0.4 is 0 Å². The van der Waals surface area contributed by atoms with Crippen LogP contribution in [-0.2, 0) is 21.3 Å². The molecule has 0 N–H and O–H groups in total. The van der Waals surface area contributed by atoms with Gasteiger partial charge in [-0.2, -0.15) is 0 Å². The molecule has 23 heavy (non-hydrogen) atoms. The molecule has 0 saturated heterocycles. The fraction of sp³-hybridized carbons (Fsp3) is 0.526. The van der Waals surface area contributed by atoms with Gasteiger partial charge in [-0.1, -0.05) is 32.1 Å². The highest BCUT2D eigenvalue weighted by Crippen LogP contribution is 2.59. The van der Waals surface area contributed by atoms with Crippen molar-refractivity contribution in [1.29, 1.82) is 0 Å². The summed E-state index contributed by atoms with van der Waals surface area (Å²) in [5.41, 5.74) is 3.06. The van der Waals surface area contributed by atoms with E-state index in [1.54, 1.807) is 18.4 Å². The molecule has 1 aromatic rings. The Bertz CT molecular complexity index is 675. The van der Waals surface area contributed by atoms with E-state index in [9.17, 15) is 9.00 Å². The van der Waals surface area contributed by atoms with Crippen molar-refractivity contribution in [2.24, 2.45) is 17.3 Å². The number of esters is 1. The quantitative estimate of drug-likeness (QED) is 0.610. The van der Waals surface area contributed by atoms with E-state index in [-0.39, 0.29) is 5.97 Å². The second-order valence-corrected chi connectivity index (χ2v) is 8.75. The minimum Gasteiger partial charge on any atom is -0.458 e. The van der Waals surface area contributed by atoms with Crippen LogP contribution in [0.25, 0.3) is 0 Å². The van der Waals surface area contributed by atoms with Crippen LogP contribution in [-0.4, -0.2) is 23.0 Å². The van der Waals surface area contributed by atoms with Crippen LogP contribution in [0.5, 0.6) is 0 Å². The van der Waals surface area contributed by atoms with Crippen molar-refractivity contribution in [2.45, 2.75) is 32.4 Å². The van der Waals surface area contributed by atoms with Crippen LogP contribution in [0.4, 0.5) is 0 Å². The summed E-state index contributed by atoms with van der Waals surface area (Å²) in [6, 6.07) is 7.24. The summed E-state index contributed by atoms with van der Waals surface area (Å²) in [6.45, 7) is 5.02. The predicted octanol–water partition coefficient (Wildman–Crippen LogP) is 3.71. The molecule has 0 radical (unpaired) electrons. The summed E-state index contributed by atoms with van der Waals surface area (Å²) in [5, 5.41) is 0. The van der Waals surface area contributed by atoms with Gasteiger partial charge in [0.05, 0.1) is 5.56 Å². The van der Waals surface area contributed by atoms with Crippen LogP contribution in [0.1, 0.15) is 42.6 Å². The van der Waals surface area contributed by atoms with Crippen molar-refractivity contribution in [3.8, 4) is 0 Å². The molecule has 4 heteroatoms. The van der Waals surface area contributed by atoms with Gasteiger partial charge in [-0.25, -0.2) is 4.79 Å². The molecule has 1 unspecified atom stereocenters. The highest BCUT2D eigenvalue weighted by atomic mass is 32.2. The van der Waals surface area contributed by atoms with Crippen LogP contribution in [0.3, 0.4) is 0 Å². The summed E-state index contributed by atoms with van der Waals surface area (Å²) >= 11 is 0. The Hall–Kier alpha value is -1.42. The van der Waals surface area contributed by atoms with Crippen LogP contribution in [0, 0.1) is 17.3 Å². The van der Waals surface area contributed by atoms with Crippen LogP contribution >= 0.6 is 0 Å². The number of rotatable bonds is 5. The first-order chi connectivity index (χ1) is 10.9. The molecule has 0 spiro atoms.